The van der Waals surface area contributed by atoms with Gasteiger partial charge < -0.3 is 10.6 Å². The fraction of sp³-hybridized carbons (Fsp3) is 0.250. The number of carbonyl (C=O) groups excluding carboxylic acids is 1. The van der Waals surface area contributed by atoms with Gasteiger partial charge in [0, 0.05) is 31.0 Å². The molecule has 6 heteroatoms. The van der Waals surface area contributed by atoms with Gasteiger partial charge in [-0.15, -0.1) is 24.8 Å². The number of anilines is 1. The van der Waals surface area contributed by atoms with E-state index in [9.17, 15) is 4.79 Å². The molecule has 0 atom stereocenters. The predicted octanol–water partition coefficient (Wildman–Crippen LogP) is 3.45. The minimum absolute atomic E-state index is 0. The maximum Gasteiger partial charge on any atom is 0.225 e. The lowest BCUT2D eigenvalue weighted by Gasteiger charge is -2.11. The van der Waals surface area contributed by atoms with Gasteiger partial charge in [-0.1, -0.05) is 12.1 Å². The van der Waals surface area contributed by atoms with Crippen LogP contribution in [0.2, 0.25) is 0 Å². The van der Waals surface area contributed by atoms with Crippen LogP contribution in [0, 0.1) is 6.92 Å². The molecule has 0 aliphatic carbocycles. The average molecular weight is 342 g/mol. The third-order valence-electron chi connectivity index (χ3n) is 3.13. The number of amides is 1. The van der Waals surface area contributed by atoms with Gasteiger partial charge in [-0.2, -0.15) is 0 Å². The number of pyridine rings is 1. The van der Waals surface area contributed by atoms with E-state index in [1.54, 1.807) is 12.4 Å². The van der Waals surface area contributed by atoms with Crippen molar-refractivity contribution < 1.29 is 4.79 Å². The Hall–Kier alpha value is -1.62. The van der Waals surface area contributed by atoms with Crippen molar-refractivity contribution in [2.24, 2.45) is 0 Å². The Balaban J connectivity index is 0.00000220. The first kappa shape index (κ1) is 20.4. The minimum atomic E-state index is 0. The lowest BCUT2D eigenvalue weighted by molar-refractivity contribution is -0.116. The van der Waals surface area contributed by atoms with Crippen LogP contribution >= 0.6 is 24.8 Å². The number of carbonyl (C=O) groups is 1. The van der Waals surface area contributed by atoms with Crippen LogP contribution in [0.4, 0.5) is 5.69 Å². The third kappa shape index (κ3) is 5.64. The van der Waals surface area contributed by atoms with Crippen molar-refractivity contribution in [1.82, 2.24) is 10.3 Å². The maximum atomic E-state index is 11.8. The predicted molar refractivity (Wildman–Crippen MR) is 96.1 cm³/mol. The molecule has 22 heavy (non-hydrogen) atoms. The first-order valence-corrected chi connectivity index (χ1v) is 6.66. The zero-order valence-electron chi connectivity index (χ0n) is 12.6. The van der Waals surface area contributed by atoms with Crippen molar-refractivity contribution in [2.45, 2.75) is 13.3 Å². The number of benzene rings is 1. The molecule has 0 bridgehead atoms. The van der Waals surface area contributed by atoms with Gasteiger partial charge >= 0.3 is 0 Å². The molecule has 1 aromatic carbocycles. The van der Waals surface area contributed by atoms with Gasteiger partial charge in [0.05, 0.1) is 0 Å². The number of hydrogen-bond acceptors (Lipinski definition) is 3. The van der Waals surface area contributed by atoms with Gasteiger partial charge in [0.15, 0.2) is 0 Å². The maximum absolute atomic E-state index is 11.8. The smallest absolute Gasteiger partial charge is 0.225 e. The summed E-state index contributed by atoms with van der Waals surface area (Å²) in [6.45, 7) is 2.67. The Labute approximate surface area is 143 Å². The number of hydrogen-bond donors (Lipinski definition) is 2. The number of nitrogens with one attached hydrogen (secondary N) is 2. The van der Waals surface area contributed by atoms with E-state index < -0.39 is 0 Å². The van der Waals surface area contributed by atoms with E-state index in [4.69, 9.17) is 0 Å². The van der Waals surface area contributed by atoms with Crippen LogP contribution in [-0.2, 0) is 4.79 Å². The van der Waals surface area contributed by atoms with Gasteiger partial charge in [0.1, 0.15) is 0 Å². The molecule has 2 aromatic rings. The molecule has 1 amide bonds. The lowest BCUT2D eigenvalue weighted by Crippen LogP contribution is -2.19. The highest BCUT2D eigenvalue weighted by atomic mass is 35.5. The molecule has 0 spiro atoms. The van der Waals surface area contributed by atoms with E-state index in [1.165, 1.54) is 0 Å². The molecule has 2 rings (SSSR count). The summed E-state index contributed by atoms with van der Waals surface area (Å²) < 4.78 is 0. The Morgan fingerprint density at radius 1 is 1.09 bits per heavy atom. The van der Waals surface area contributed by atoms with E-state index in [1.807, 2.05) is 44.3 Å². The van der Waals surface area contributed by atoms with Crippen molar-refractivity contribution in [3.63, 3.8) is 0 Å². The van der Waals surface area contributed by atoms with Crippen LogP contribution in [0.15, 0.2) is 42.7 Å². The van der Waals surface area contributed by atoms with Crippen LogP contribution in [0.25, 0.3) is 11.1 Å². The molecular weight excluding hydrogens is 321 g/mol. The second kappa shape index (κ2) is 10.2. The fourth-order valence-corrected chi connectivity index (χ4v) is 1.93. The molecule has 2 N–H and O–H groups in total. The molecule has 0 aliphatic rings. The molecule has 0 fully saturated rings. The number of nitrogens with zero attached hydrogens (tertiary/aromatic N) is 1. The topological polar surface area (TPSA) is 54.0 Å². The van der Waals surface area contributed by atoms with Crippen LogP contribution in [0.5, 0.6) is 0 Å². The normalized spacial score (nSPS) is 9.36. The van der Waals surface area contributed by atoms with E-state index in [2.05, 4.69) is 15.6 Å². The lowest BCUT2D eigenvalue weighted by atomic mass is 10.0. The highest BCUT2D eigenvalue weighted by molar-refractivity contribution is 5.92. The molecule has 0 saturated heterocycles. The first-order valence-electron chi connectivity index (χ1n) is 6.66. The van der Waals surface area contributed by atoms with Crippen molar-refractivity contribution >= 4 is 36.4 Å². The molecule has 0 saturated carbocycles. The quantitative estimate of drug-likeness (QED) is 0.875. The third-order valence-corrected chi connectivity index (χ3v) is 3.13. The zero-order chi connectivity index (χ0) is 14.4. The molecule has 0 radical (unpaired) electrons. The van der Waals surface area contributed by atoms with Gasteiger partial charge in [0.25, 0.3) is 0 Å². The number of halogens is 2. The summed E-state index contributed by atoms with van der Waals surface area (Å²) in [6.07, 6.45) is 4.00. The van der Waals surface area contributed by atoms with E-state index in [0.717, 1.165) is 22.4 Å². The monoisotopic (exact) mass is 341 g/mol. The summed E-state index contributed by atoms with van der Waals surface area (Å²) >= 11 is 0. The van der Waals surface area contributed by atoms with E-state index in [0.29, 0.717) is 13.0 Å². The summed E-state index contributed by atoms with van der Waals surface area (Å²) in [7, 11) is 1.84. The van der Waals surface area contributed by atoms with Gasteiger partial charge in [-0.05, 0) is 48.9 Å². The van der Waals surface area contributed by atoms with Crippen molar-refractivity contribution in [1.29, 1.82) is 0 Å². The number of rotatable bonds is 5. The Morgan fingerprint density at radius 2 is 1.77 bits per heavy atom. The molecular formula is C16H21Cl2N3O. The Kier molecular flexibility index (Phi) is 9.42. The van der Waals surface area contributed by atoms with Crippen molar-refractivity contribution in [2.75, 3.05) is 18.9 Å². The highest BCUT2D eigenvalue weighted by Crippen LogP contribution is 2.25. The minimum Gasteiger partial charge on any atom is -0.326 e. The summed E-state index contributed by atoms with van der Waals surface area (Å²) in [5.74, 6) is 0.0225. The summed E-state index contributed by atoms with van der Waals surface area (Å²) in [5.41, 5.74) is 4.08. The largest absolute Gasteiger partial charge is 0.326 e. The molecule has 120 valence electrons. The summed E-state index contributed by atoms with van der Waals surface area (Å²) in [5, 5.41) is 5.93. The molecule has 0 aliphatic heterocycles. The zero-order valence-corrected chi connectivity index (χ0v) is 14.3. The standard InChI is InChI=1S/C16H19N3O.2ClH/c1-12-3-4-14(13-5-9-18-10-6-13)11-15(12)19-16(20)7-8-17-2;;/h3-6,9-11,17H,7-8H2,1-2H3,(H,19,20);2*1H. The molecule has 1 aromatic heterocycles. The first-order chi connectivity index (χ1) is 9.70. The highest BCUT2D eigenvalue weighted by Gasteiger charge is 2.06. The fourth-order valence-electron chi connectivity index (χ4n) is 1.93. The summed E-state index contributed by atoms with van der Waals surface area (Å²) in [4.78, 5) is 15.8. The van der Waals surface area contributed by atoms with Crippen LogP contribution in [0.1, 0.15) is 12.0 Å². The van der Waals surface area contributed by atoms with E-state index in [-0.39, 0.29) is 30.7 Å². The van der Waals surface area contributed by atoms with Crippen LogP contribution in [0.3, 0.4) is 0 Å². The van der Waals surface area contributed by atoms with Gasteiger partial charge in [-0.25, -0.2) is 0 Å². The van der Waals surface area contributed by atoms with Crippen molar-refractivity contribution in [3.8, 4) is 11.1 Å². The SMILES string of the molecule is CNCCC(=O)Nc1cc(-c2ccncc2)ccc1C.Cl.Cl. The van der Waals surface area contributed by atoms with Crippen molar-refractivity contribution in [3.05, 3.63) is 48.3 Å². The number of aryl methyl sites for hydroxylation is 1. The van der Waals surface area contributed by atoms with Crippen LogP contribution < -0.4 is 10.6 Å². The summed E-state index contributed by atoms with van der Waals surface area (Å²) in [6, 6.07) is 9.98. The number of aromatic nitrogens is 1. The second-order valence-corrected chi connectivity index (χ2v) is 4.67. The van der Waals surface area contributed by atoms with Gasteiger partial charge in [0.2, 0.25) is 5.91 Å². The molecule has 0 unspecified atom stereocenters. The van der Waals surface area contributed by atoms with E-state index >= 15 is 0 Å². The second-order valence-electron chi connectivity index (χ2n) is 4.67. The Bertz CT molecular complexity index is 591. The van der Waals surface area contributed by atoms with Gasteiger partial charge in [-0.3, -0.25) is 9.78 Å². The van der Waals surface area contributed by atoms with Crippen LogP contribution in [-0.4, -0.2) is 24.5 Å². The average Bonchev–Trinajstić information content (AvgIpc) is 2.48. The Morgan fingerprint density at radius 3 is 2.41 bits per heavy atom. The molecule has 1 heterocycles. The molecule has 4 nitrogen and oxygen atoms in total.